The van der Waals surface area contributed by atoms with Crippen LogP contribution in [0.3, 0.4) is 0 Å². The highest BCUT2D eigenvalue weighted by atomic mass is 35.5. The Bertz CT molecular complexity index is 839. The molecule has 4 rings (SSSR count). The van der Waals surface area contributed by atoms with Crippen molar-refractivity contribution in [2.45, 2.75) is 18.9 Å². The number of para-hydroxylation sites is 1. The van der Waals surface area contributed by atoms with E-state index in [0.717, 1.165) is 48.3 Å². The summed E-state index contributed by atoms with van der Waals surface area (Å²) >= 11 is 6.25. The Hall–Kier alpha value is -2.11. The van der Waals surface area contributed by atoms with Crippen LogP contribution in [0.1, 0.15) is 12.8 Å². The third-order valence-electron chi connectivity index (χ3n) is 4.30. The van der Waals surface area contributed by atoms with Gasteiger partial charge < -0.3 is 10.0 Å². The number of aromatic nitrogens is 3. The smallest absolute Gasteiger partial charge is 0.159 e. The molecule has 2 aromatic heterocycles. The van der Waals surface area contributed by atoms with Gasteiger partial charge in [-0.3, -0.25) is 0 Å². The summed E-state index contributed by atoms with van der Waals surface area (Å²) in [6.07, 6.45) is 3.16. The number of benzene rings is 1. The molecule has 6 heteroatoms. The number of fused-ring (bicyclic) bond motifs is 1. The van der Waals surface area contributed by atoms with Crippen LogP contribution >= 0.6 is 11.6 Å². The lowest BCUT2D eigenvalue weighted by atomic mass is 10.1. The fourth-order valence-corrected chi connectivity index (χ4v) is 3.27. The van der Waals surface area contributed by atoms with Gasteiger partial charge in [0.15, 0.2) is 5.15 Å². The number of nitrogens with zero attached hydrogens (tertiary/aromatic N) is 4. The molecular weight excluding hydrogens is 312 g/mol. The first-order chi connectivity index (χ1) is 11.2. The second-order valence-electron chi connectivity index (χ2n) is 5.81. The number of hydrogen-bond acceptors (Lipinski definition) is 4. The van der Waals surface area contributed by atoms with Gasteiger partial charge in [0.2, 0.25) is 0 Å². The molecule has 0 saturated carbocycles. The normalized spacial score (nSPS) is 16.2. The van der Waals surface area contributed by atoms with E-state index >= 15 is 0 Å². The van der Waals surface area contributed by atoms with Crippen LogP contribution in [0.4, 0.5) is 5.82 Å². The molecule has 0 aliphatic carbocycles. The number of pyridine rings is 1. The number of aliphatic hydroxyl groups is 1. The van der Waals surface area contributed by atoms with E-state index in [-0.39, 0.29) is 6.10 Å². The van der Waals surface area contributed by atoms with E-state index in [1.807, 2.05) is 41.1 Å². The molecule has 0 unspecified atom stereocenters. The quantitative estimate of drug-likeness (QED) is 0.785. The van der Waals surface area contributed by atoms with E-state index in [4.69, 9.17) is 11.6 Å². The molecule has 0 spiro atoms. The van der Waals surface area contributed by atoms with Gasteiger partial charge in [-0.05, 0) is 31.0 Å². The average molecular weight is 329 g/mol. The Morgan fingerprint density at radius 2 is 1.91 bits per heavy atom. The zero-order chi connectivity index (χ0) is 15.8. The molecule has 1 aliphatic rings. The van der Waals surface area contributed by atoms with Gasteiger partial charge in [0, 0.05) is 30.7 Å². The Labute approximate surface area is 139 Å². The molecule has 1 aliphatic heterocycles. The van der Waals surface area contributed by atoms with Gasteiger partial charge in [0.05, 0.1) is 17.3 Å². The van der Waals surface area contributed by atoms with Crippen molar-refractivity contribution in [3.63, 3.8) is 0 Å². The van der Waals surface area contributed by atoms with Crippen molar-refractivity contribution in [3.8, 4) is 5.69 Å². The van der Waals surface area contributed by atoms with Gasteiger partial charge in [0.1, 0.15) is 5.82 Å². The van der Waals surface area contributed by atoms with Gasteiger partial charge in [-0.15, -0.1) is 0 Å². The maximum absolute atomic E-state index is 9.65. The summed E-state index contributed by atoms with van der Waals surface area (Å²) in [7, 11) is 0. The van der Waals surface area contributed by atoms with E-state index in [1.165, 1.54) is 0 Å². The molecule has 0 atom stereocenters. The van der Waals surface area contributed by atoms with Crippen molar-refractivity contribution in [1.82, 2.24) is 14.8 Å². The first kappa shape index (κ1) is 14.5. The lowest BCUT2D eigenvalue weighted by Gasteiger charge is -2.30. The van der Waals surface area contributed by atoms with Crippen molar-refractivity contribution < 1.29 is 5.11 Å². The molecule has 1 saturated heterocycles. The molecule has 3 heterocycles. The summed E-state index contributed by atoms with van der Waals surface area (Å²) < 4.78 is 1.85. The summed E-state index contributed by atoms with van der Waals surface area (Å²) in [5.74, 6) is 0.908. The van der Waals surface area contributed by atoms with Crippen molar-refractivity contribution in [3.05, 3.63) is 47.7 Å². The second kappa shape index (κ2) is 5.83. The first-order valence-electron chi connectivity index (χ1n) is 7.75. The van der Waals surface area contributed by atoms with Crippen LogP contribution in [0.5, 0.6) is 0 Å². The maximum atomic E-state index is 9.65. The Morgan fingerprint density at radius 1 is 1.13 bits per heavy atom. The van der Waals surface area contributed by atoms with Crippen molar-refractivity contribution >= 4 is 28.3 Å². The number of rotatable bonds is 2. The third kappa shape index (κ3) is 2.66. The Morgan fingerprint density at radius 3 is 2.74 bits per heavy atom. The van der Waals surface area contributed by atoms with Crippen LogP contribution in [-0.2, 0) is 0 Å². The van der Waals surface area contributed by atoms with Crippen LogP contribution in [0.15, 0.2) is 42.6 Å². The number of hydrogen-bond donors (Lipinski definition) is 1. The molecular formula is C17H17ClN4O. The topological polar surface area (TPSA) is 54.2 Å². The zero-order valence-electron chi connectivity index (χ0n) is 12.6. The maximum Gasteiger partial charge on any atom is 0.159 e. The molecule has 3 aromatic rings. The molecule has 1 N–H and O–H groups in total. The molecule has 0 bridgehead atoms. The summed E-state index contributed by atoms with van der Waals surface area (Å²) in [6, 6.07) is 11.9. The molecule has 1 aromatic carbocycles. The van der Waals surface area contributed by atoms with Crippen LogP contribution in [0, 0.1) is 0 Å². The summed E-state index contributed by atoms with van der Waals surface area (Å²) in [4.78, 5) is 6.67. The van der Waals surface area contributed by atoms with Gasteiger partial charge in [-0.25, -0.2) is 9.67 Å². The lowest BCUT2D eigenvalue weighted by molar-refractivity contribution is 0.145. The van der Waals surface area contributed by atoms with Gasteiger partial charge in [-0.1, -0.05) is 23.7 Å². The predicted octanol–water partition coefficient (Wildman–Crippen LogP) is 3.04. The Kier molecular flexibility index (Phi) is 3.67. The van der Waals surface area contributed by atoms with Gasteiger partial charge in [0.25, 0.3) is 0 Å². The van der Waals surface area contributed by atoms with Crippen LogP contribution < -0.4 is 4.90 Å². The molecule has 23 heavy (non-hydrogen) atoms. The average Bonchev–Trinajstić information content (AvgIpc) is 2.93. The minimum Gasteiger partial charge on any atom is -0.393 e. The van der Waals surface area contributed by atoms with E-state index in [0.29, 0.717) is 5.15 Å². The standard InChI is InChI=1S/C17H17ClN4O/c18-17-14-3-1-2-4-15(14)22(20-17)12-5-8-19-16(11-12)21-9-6-13(23)7-10-21/h1-5,8,11,13,23H,6-7,9-10H2. The number of anilines is 1. The van der Waals surface area contributed by atoms with Crippen molar-refractivity contribution in [2.75, 3.05) is 18.0 Å². The fraction of sp³-hybridized carbons (Fsp3) is 0.294. The molecule has 118 valence electrons. The summed E-state index contributed by atoms with van der Waals surface area (Å²) in [5.41, 5.74) is 1.91. The Balaban J connectivity index is 1.73. The summed E-state index contributed by atoms with van der Waals surface area (Å²) in [6.45, 7) is 1.64. The van der Waals surface area contributed by atoms with E-state index in [9.17, 15) is 5.11 Å². The highest BCUT2D eigenvalue weighted by molar-refractivity contribution is 6.34. The second-order valence-corrected chi connectivity index (χ2v) is 6.17. The number of piperidine rings is 1. The van der Waals surface area contributed by atoms with Crippen molar-refractivity contribution in [1.29, 1.82) is 0 Å². The summed E-state index contributed by atoms with van der Waals surface area (Å²) in [5, 5.41) is 15.5. The fourth-order valence-electron chi connectivity index (χ4n) is 3.03. The minimum absolute atomic E-state index is 0.191. The lowest BCUT2D eigenvalue weighted by Crippen LogP contribution is -2.36. The highest BCUT2D eigenvalue weighted by Gasteiger charge is 2.19. The van der Waals surface area contributed by atoms with E-state index in [2.05, 4.69) is 15.0 Å². The van der Waals surface area contributed by atoms with E-state index < -0.39 is 0 Å². The van der Waals surface area contributed by atoms with Crippen LogP contribution in [0.2, 0.25) is 5.15 Å². The van der Waals surface area contributed by atoms with Gasteiger partial charge in [-0.2, -0.15) is 5.10 Å². The molecule has 5 nitrogen and oxygen atoms in total. The third-order valence-corrected chi connectivity index (χ3v) is 4.58. The molecule has 0 radical (unpaired) electrons. The number of aliphatic hydroxyl groups excluding tert-OH is 1. The number of halogens is 1. The molecule has 0 amide bonds. The van der Waals surface area contributed by atoms with Gasteiger partial charge >= 0.3 is 0 Å². The predicted molar refractivity (Wildman–Crippen MR) is 91.3 cm³/mol. The van der Waals surface area contributed by atoms with Crippen LogP contribution in [0.25, 0.3) is 16.6 Å². The largest absolute Gasteiger partial charge is 0.393 e. The molecule has 1 fully saturated rings. The first-order valence-corrected chi connectivity index (χ1v) is 8.13. The SMILES string of the molecule is OC1CCN(c2cc(-n3nc(Cl)c4ccccc43)ccn2)CC1. The minimum atomic E-state index is -0.191. The van der Waals surface area contributed by atoms with E-state index in [1.54, 1.807) is 6.20 Å². The van der Waals surface area contributed by atoms with Crippen LogP contribution in [-0.4, -0.2) is 39.1 Å². The highest BCUT2D eigenvalue weighted by Crippen LogP contribution is 2.27. The monoisotopic (exact) mass is 328 g/mol. The zero-order valence-corrected chi connectivity index (χ0v) is 13.3. The van der Waals surface area contributed by atoms with Crippen molar-refractivity contribution in [2.24, 2.45) is 0 Å².